The fourth-order valence-electron chi connectivity index (χ4n) is 1.29. The third-order valence-corrected chi connectivity index (χ3v) is 3.75. The van der Waals surface area contributed by atoms with Crippen molar-refractivity contribution in [3.8, 4) is 0 Å². The van der Waals surface area contributed by atoms with Crippen LogP contribution >= 0.6 is 0 Å². The van der Waals surface area contributed by atoms with Gasteiger partial charge in [-0.25, -0.2) is 17.5 Å². The fourth-order valence-corrected chi connectivity index (χ4v) is 2.36. The summed E-state index contributed by atoms with van der Waals surface area (Å²) in [6, 6.07) is 2.97. The van der Waals surface area contributed by atoms with Gasteiger partial charge >= 0.3 is 6.18 Å². The lowest BCUT2D eigenvalue weighted by Gasteiger charge is -2.10. The molecule has 0 spiro atoms. The molecule has 0 aliphatic heterocycles. The molecule has 1 aromatic carbocycles. The zero-order valence-corrected chi connectivity index (χ0v) is 11.6. The van der Waals surface area contributed by atoms with Gasteiger partial charge in [0.1, 0.15) is 12.4 Å². The smallest absolute Gasteiger partial charge is 0.346 e. The molecule has 5 nitrogen and oxygen atoms in total. The van der Waals surface area contributed by atoms with E-state index in [1.54, 1.807) is 0 Å². The van der Waals surface area contributed by atoms with Gasteiger partial charge in [0.15, 0.2) is 0 Å². The predicted octanol–water partition coefficient (Wildman–Crippen LogP) is 1.09. The van der Waals surface area contributed by atoms with E-state index >= 15 is 0 Å². The van der Waals surface area contributed by atoms with Gasteiger partial charge in [-0.15, -0.1) is 0 Å². The molecule has 0 radical (unpaired) electrons. The Balaban J connectivity index is 2.65. The van der Waals surface area contributed by atoms with Crippen LogP contribution in [-0.2, 0) is 14.8 Å². The standard InChI is InChI=1S/C11H12F4N2O3S/c1-7-4-8(2-3-9(7)12)21(19,20)17-5-10(18)16-6-11(13,14)15/h2-4,17H,5-6H2,1H3,(H,16,18). The van der Waals surface area contributed by atoms with Gasteiger partial charge in [0.2, 0.25) is 15.9 Å². The van der Waals surface area contributed by atoms with Gasteiger partial charge in [-0.2, -0.15) is 13.2 Å². The lowest BCUT2D eigenvalue weighted by atomic mass is 10.2. The maximum absolute atomic E-state index is 13.0. The highest BCUT2D eigenvalue weighted by Gasteiger charge is 2.28. The maximum atomic E-state index is 13.0. The van der Waals surface area contributed by atoms with Gasteiger partial charge in [0, 0.05) is 0 Å². The second kappa shape index (κ2) is 6.39. The zero-order chi connectivity index (χ0) is 16.3. The Morgan fingerprint density at radius 2 is 1.90 bits per heavy atom. The van der Waals surface area contributed by atoms with Crippen LogP contribution in [0.5, 0.6) is 0 Å². The first-order chi connectivity index (χ1) is 9.51. The molecule has 1 rings (SSSR count). The molecular weight excluding hydrogens is 316 g/mol. The molecule has 1 aromatic rings. The molecule has 21 heavy (non-hydrogen) atoms. The molecule has 0 saturated carbocycles. The van der Waals surface area contributed by atoms with Crippen LogP contribution in [0.2, 0.25) is 0 Å². The van der Waals surface area contributed by atoms with Crippen LogP contribution in [0, 0.1) is 12.7 Å². The van der Waals surface area contributed by atoms with Gasteiger partial charge in [0.05, 0.1) is 11.4 Å². The normalized spacial score (nSPS) is 12.2. The molecule has 0 atom stereocenters. The van der Waals surface area contributed by atoms with E-state index in [9.17, 15) is 30.8 Å². The topological polar surface area (TPSA) is 75.3 Å². The Hall–Kier alpha value is -1.68. The van der Waals surface area contributed by atoms with Crippen LogP contribution in [0.1, 0.15) is 5.56 Å². The Morgan fingerprint density at radius 3 is 2.43 bits per heavy atom. The van der Waals surface area contributed by atoms with Gasteiger partial charge in [-0.3, -0.25) is 4.79 Å². The number of hydrogen-bond acceptors (Lipinski definition) is 3. The van der Waals surface area contributed by atoms with E-state index in [0.717, 1.165) is 18.2 Å². The number of nitrogens with one attached hydrogen (secondary N) is 2. The summed E-state index contributed by atoms with van der Waals surface area (Å²) in [5.41, 5.74) is 0.0828. The van der Waals surface area contributed by atoms with Crippen LogP contribution in [0.25, 0.3) is 0 Å². The molecule has 0 bridgehead atoms. The summed E-state index contributed by atoms with van der Waals surface area (Å²) in [6.45, 7) is -1.05. The highest BCUT2D eigenvalue weighted by Crippen LogP contribution is 2.14. The Bertz CT molecular complexity index is 629. The minimum Gasteiger partial charge on any atom is -0.346 e. The molecule has 1 amide bonds. The summed E-state index contributed by atoms with van der Waals surface area (Å²) < 4.78 is 73.9. The number of halogens is 4. The number of alkyl halides is 3. The average Bonchev–Trinajstić information content (AvgIpc) is 2.36. The molecule has 118 valence electrons. The molecule has 0 aliphatic carbocycles. The maximum Gasteiger partial charge on any atom is 0.405 e. The number of carbonyl (C=O) groups excluding carboxylic acids is 1. The summed E-state index contributed by atoms with van der Waals surface area (Å²) in [5, 5.41) is 1.52. The van der Waals surface area contributed by atoms with Crippen molar-refractivity contribution in [1.29, 1.82) is 0 Å². The number of hydrogen-bond donors (Lipinski definition) is 2. The molecule has 0 heterocycles. The molecule has 0 unspecified atom stereocenters. The van der Waals surface area contributed by atoms with E-state index in [0.29, 0.717) is 0 Å². The summed E-state index contributed by atoms with van der Waals surface area (Å²) >= 11 is 0. The van der Waals surface area contributed by atoms with Crippen molar-refractivity contribution < 1.29 is 30.8 Å². The van der Waals surface area contributed by atoms with Crippen LogP contribution in [0.3, 0.4) is 0 Å². The van der Waals surface area contributed by atoms with Gasteiger partial charge in [0.25, 0.3) is 0 Å². The molecule has 0 aliphatic rings. The van der Waals surface area contributed by atoms with E-state index in [2.05, 4.69) is 0 Å². The number of sulfonamides is 1. The van der Waals surface area contributed by atoms with Gasteiger partial charge < -0.3 is 5.32 Å². The minimum atomic E-state index is -4.58. The lowest BCUT2D eigenvalue weighted by molar-refractivity contribution is -0.137. The highest BCUT2D eigenvalue weighted by atomic mass is 32.2. The highest BCUT2D eigenvalue weighted by molar-refractivity contribution is 7.89. The first kappa shape index (κ1) is 17.4. The number of carbonyl (C=O) groups is 1. The monoisotopic (exact) mass is 328 g/mol. The molecule has 0 saturated heterocycles. The van der Waals surface area contributed by atoms with E-state index in [-0.39, 0.29) is 10.5 Å². The van der Waals surface area contributed by atoms with Crippen molar-refractivity contribution in [2.24, 2.45) is 0 Å². The zero-order valence-electron chi connectivity index (χ0n) is 10.8. The molecule has 10 heteroatoms. The molecule has 0 aromatic heterocycles. The van der Waals surface area contributed by atoms with E-state index in [4.69, 9.17) is 0 Å². The molecular formula is C11H12F4N2O3S. The van der Waals surface area contributed by atoms with Crippen molar-refractivity contribution in [2.45, 2.75) is 18.0 Å². The molecule has 0 fully saturated rings. The van der Waals surface area contributed by atoms with Crippen LogP contribution in [-0.4, -0.2) is 33.6 Å². The Kier molecular flexibility index (Phi) is 5.29. The third kappa shape index (κ3) is 5.68. The quantitative estimate of drug-likeness (QED) is 0.795. The van der Waals surface area contributed by atoms with Gasteiger partial charge in [-0.05, 0) is 30.7 Å². The summed E-state index contributed by atoms with van der Waals surface area (Å²) in [6.07, 6.45) is -4.58. The summed E-state index contributed by atoms with van der Waals surface area (Å²) in [4.78, 5) is 10.8. The number of amides is 1. The second-order valence-electron chi connectivity index (χ2n) is 4.13. The van der Waals surface area contributed by atoms with E-state index < -0.39 is 41.0 Å². The number of benzene rings is 1. The van der Waals surface area contributed by atoms with Crippen LogP contribution in [0.4, 0.5) is 17.6 Å². The predicted molar refractivity (Wildman–Crippen MR) is 65.4 cm³/mol. The Morgan fingerprint density at radius 1 is 1.29 bits per heavy atom. The van der Waals surface area contributed by atoms with Crippen molar-refractivity contribution in [3.05, 3.63) is 29.6 Å². The van der Waals surface area contributed by atoms with Crippen LogP contribution in [0.15, 0.2) is 23.1 Å². The summed E-state index contributed by atoms with van der Waals surface area (Å²) in [7, 11) is -4.11. The number of aryl methyl sites for hydroxylation is 1. The van der Waals surface area contributed by atoms with Crippen molar-refractivity contribution in [2.75, 3.05) is 13.1 Å². The lowest BCUT2D eigenvalue weighted by Crippen LogP contribution is -2.40. The fraction of sp³-hybridized carbons (Fsp3) is 0.364. The van der Waals surface area contributed by atoms with Crippen molar-refractivity contribution in [3.63, 3.8) is 0 Å². The first-order valence-corrected chi connectivity index (χ1v) is 7.09. The third-order valence-electron chi connectivity index (χ3n) is 2.35. The molecule has 2 N–H and O–H groups in total. The first-order valence-electron chi connectivity index (χ1n) is 5.60. The van der Waals surface area contributed by atoms with Gasteiger partial charge in [-0.1, -0.05) is 0 Å². The van der Waals surface area contributed by atoms with Crippen molar-refractivity contribution in [1.82, 2.24) is 10.0 Å². The minimum absolute atomic E-state index is 0.0828. The average molecular weight is 328 g/mol. The second-order valence-corrected chi connectivity index (χ2v) is 5.89. The van der Waals surface area contributed by atoms with E-state index in [1.165, 1.54) is 12.2 Å². The Labute approximate surface area is 118 Å². The SMILES string of the molecule is Cc1cc(S(=O)(=O)NCC(=O)NCC(F)(F)F)ccc1F. The number of rotatable bonds is 5. The largest absolute Gasteiger partial charge is 0.405 e. The van der Waals surface area contributed by atoms with E-state index in [1.807, 2.05) is 4.72 Å². The summed E-state index contributed by atoms with van der Waals surface area (Å²) in [5.74, 6) is -1.73. The van der Waals surface area contributed by atoms with Crippen molar-refractivity contribution >= 4 is 15.9 Å². The van der Waals surface area contributed by atoms with Crippen LogP contribution < -0.4 is 10.0 Å².